The zero-order valence-electron chi connectivity index (χ0n) is 11.8. The standard InChI is InChI=1S/C15H18FN3O/c1-18(2)15(20)14-4-3-7-19(14)10-12-8-11(9-17)5-6-13(12)16/h5-6,8,14H,3-4,7,10H2,1-2H3. The Bertz CT molecular complexity index is 551. The lowest BCUT2D eigenvalue weighted by molar-refractivity contribution is -0.133. The number of carbonyl (C=O) groups is 1. The fraction of sp³-hybridized carbons (Fsp3) is 0.467. The number of nitriles is 1. The molecule has 0 N–H and O–H groups in total. The van der Waals surface area contributed by atoms with Crippen LogP contribution in [0, 0.1) is 17.1 Å². The highest BCUT2D eigenvalue weighted by Crippen LogP contribution is 2.23. The van der Waals surface area contributed by atoms with Crippen LogP contribution in [0.5, 0.6) is 0 Å². The Hall–Kier alpha value is -1.93. The molecule has 1 aliphatic rings. The molecule has 4 nitrogen and oxygen atoms in total. The van der Waals surface area contributed by atoms with E-state index in [1.807, 2.05) is 11.0 Å². The first-order valence-corrected chi connectivity index (χ1v) is 6.66. The molecule has 1 aromatic rings. The summed E-state index contributed by atoms with van der Waals surface area (Å²) in [5, 5.41) is 8.88. The number of hydrogen-bond donors (Lipinski definition) is 0. The molecule has 5 heteroatoms. The van der Waals surface area contributed by atoms with Crippen molar-refractivity contribution >= 4 is 5.91 Å². The third-order valence-electron chi connectivity index (χ3n) is 3.64. The van der Waals surface area contributed by atoms with Crippen LogP contribution in [0.3, 0.4) is 0 Å². The van der Waals surface area contributed by atoms with Crippen molar-refractivity contribution in [1.29, 1.82) is 5.26 Å². The highest BCUT2D eigenvalue weighted by molar-refractivity contribution is 5.81. The normalized spacial score (nSPS) is 18.8. The topological polar surface area (TPSA) is 47.3 Å². The lowest BCUT2D eigenvalue weighted by Crippen LogP contribution is -2.42. The second-order valence-electron chi connectivity index (χ2n) is 5.28. The molecule has 0 bridgehead atoms. The predicted octanol–water partition coefficient (Wildman–Crippen LogP) is 1.75. The molecule has 0 saturated carbocycles. The van der Waals surface area contributed by atoms with Gasteiger partial charge in [0.2, 0.25) is 5.91 Å². The third-order valence-corrected chi connectivity index (χ3v) is 3.64. The Labute approximate surface area is 118 Å². The number of likely N-dealkylation sites (N-methyl/N-ethyl adjacent to an activating group) is 1. The molecule has 1 saturated heterocycles. The van der Waals surface area contributed by atoms with Gasteiger partial charge >= 0.3 is 0 Å². The quantitative estimate of drug-likeness (QED) is 0.844. The Morgan fingerprint density at radius 3 is 2.95 bits per heavy atom. The lowest BCUT2D eigenvalue weighted by Gasteiger charge is -2.26. The van der Waals surface area contributed by atoms with Crippen molar-refractivity contribution in [2.75, 3.05) is 20.6 Å². The number of rotatable bonds is 3. The van der Waals surface area contributed by atoms with Crippen molar-refractivity contribution in [1.82, 2.24) is 9.80 Å². The van der Waals surface area contributed by atoms with Crippen LogP contribution in [0.25, 0.3) is 0 Å². The van der Waals surface area contributed by atoms with Gasteiger partial charge in [0.25, 0.3) is 0 Å². The highest BCUT2D eigenvalue weighted by Gasteiger charge is 2.31. The van der Waals surface area contributed by atoms with Crippen molar-refractivity contribution in [2.24, 2.45) is 0 Å². The van der Waals surface area contributed by atoms with Gasteiger partial charge in [-0.05, 0) is 37.6 Å². The van der Waals surface area contributed by atoms with E-state index in [0.29, 0.717) is 17.7 Å². The molecule has 1 heterocycles. The van der Waals surface area contributed by atoms with Gasteiger partial charge in [0.15, 0.2) is 0 Å². The molecule has 20 heavy (non-hydrogen) atoms. The minimum atomic E-state index is -0.327. The number of amides is 1. The molecule has 0 radical (unpaired) electrons. The first-order valence-electron chi connectivity index (χ1n) is 6.66. The monoisotopic (exact) mass is 275 g/mol. The molecule has 1 amide bonds. The molecule has 1 unspecified atom stereocenters. The Morgan fingerprint density at radius 1 is 1.55 bits per heavy atom. The van der Waals surface area contributed by atoms with E-state index < -0.39 is 0 Å². The lowest BCUT2D eigenvalue weighted by atomic mass is 10.1. The van der Waals surface area contributed by atoms with Gasteiger partial charge in [0.05, 0.1) is 17.7 Å². The van der Waals surface area contributed by atoms with Crippen LogP contribution in [0.2, 0.25) is 0 Å². The van der Waals surface area contributed by atoms with Crippen molar-refractivity contribution in [3.05, 3.63) is 35.1 Å². The Kier molecular flexibility index (Phi) is 4.35. The number of halogens is 1. The van der Waals surface area contributed by atoms with Crippen LogP contribution in [-0.4, -0.2) is 42.4 Å². The average Bonchev–Trinajstić information content (AvgIpc) is 2.88. The largest absolute Gasteiger partial charge is 0.347 e. The van der Waals surface area contributed by atoms with Crippen LogP contribution in [0.15, 0.2) is 18.2 Å². The van der Waals surface area contributed by atoms with Crippen molar-refractivity contribution in [3.8, 4) is 6.07 Å². The van der Waals surface area contributed by atoms with Crippen molar-refractivity contribution in [3.63, 3.8) is 0 Å². The Balaban J connectivity index is 2.17. The van der Waals surface area contributed by atoms with Gasteiger partial charge in [0, 0.05) is 26.2 Å². The fourth-order valence-electron chi connectivity index (χ4n) is 2.58. The van der Waals surface area contributed by atoms with E-state index in [1.165, 1.54) is 12.1 Å². The number of benzene rings is 1. The average molecular weight is 275 g/mol. The SMILES string of the molecule is CN(C)C(=O)C1CCCN1Cc1cc(C#N)ccc1F. The van der Waals surface area contributed by atoms with Gasteiger partial charge in [-0.1, -0.05) is 0 Å². The minimum absolute atomic E-state index is 0.0549. The van der Waals surface area contributed by atoms with E-state index >= 15 is 0 Å². The molecule has 1 aromatic carbocycles. The second kappa shape index (κ2) is 6.02. The van der Waals surface area contributed by atoms with Gasteiger partial charge in [-0.3, -0.25) is 9.69 Å². The number of nitrogens with zero attached hydrogens (tertiary/aromatic N) is 3. The van der Waals surface area contributed by atoms with Crippen molar-refractivity contribution in [2.45, 2.75) is 25.4 Å². The van der Waals surface area contributed by atoms with Crippen LogP contribution < -0.4 is 0 Å². The first-order chi connectivity index (χ1) is 9.52. The van der Waals surface area contributed by atoms with Gasteiger partial charge in [0.1, 0.15) is 5.82 Å². The zero-order valence-corrected chi connectivity index (χ0v) is 11.8. The number of carbonyl (C=O) groups excluding carboxylic acids is 1. The number of hydrogen-bond acceptors (Lipinski definition) is 3. The summed E-state index contributed by atoms with van der Waals surface area (Å²) in [6, 6.07) is 6.16. The first kappa shape index (κ1) is 14.5. The number of likely N-dealkylation sites (tertiary alicyclic amines) is 1. The van der Waals surface area contributed by atoms with Crippen LogP contribution in [-0.2, 0) is 11.3 Å². The zero-order chi connectivity index (χ0) is 14.7. The summed E-state index contributed by atoms with van der Waals surface area (Å²) >= 11 is 0. The molecular formula is C15H18FN3O. The summed E-state index contributed by atoms with van der Waals surface area (Å²) in [5.74, 6) is -0.272. The van der Waals surface area contributed by atoms with E-state index in [0.717, 1.165) is 19.4 Å². The van der Waals surface area contributed by atoms with E-state index in [9.17, 15) is 9.18 Å². The summed E-state index contributed by atoms with van der Waals surface area (Å²) in [6.45, 7) is 1.14. The summed E-state index contributed by atoms with van der Waals surface area (Å²) in [7, 11) is 3.46. The maximum absolute atomic E-state index is 13.8. The van der Waals surface area contributed by atoms with Crippen LogP contribution >= 0.6 is 0 Å². The van der Waals surface area contributed by atoms with Gasteiger partial charge in [-0.25, -0.2) is 4.39 Å². The fourth-order valence-corrected chi connectivity index (χ4v) is 2.58. The smallest absolute Gasteiger partial charge is 0.239 e. The van der Waals surface area contributed by atoms with Crippen LogP contribution in [0.4, 0.5) is 4.39 Å². The maximum Gasteiger partial charge on any atom is 0.239 e. The van der Waals surface area contributed by atoms with E-state index in [2.05, 4.69) is 0 Å². The summed E-state index contributed by atoms with van der Waals surface area (Å²) in [5.41, 5.74) is 0.915. The molecule has 0 spiro atoms. The molecule has 1 atom stereocenters. The molecule has 0 aromatic heterocycles. The second-order valence-corrected chi connectivity index (χ2v) is 5.28. The van der Waals surface area contributed by atoms with Gasteiger partial charge < -0.3 is 4.90 Å². The summed E-state index contributed by atoms with van der Waals surface area (Å²) in [4.78, 5) is 15.7. The van der Waals surface area contributed by atoms with Gasteiger partial charge in [-0.2, -0.15) is 5.26 Å². The van der Waals surface area contributed by atoms with Gasteiger partial charge in [-0.15, -0.1) is 0 Å². The summed E-state index contributed by atoms with van der Waals surface area (Å²) in [6.07, 6.45) is 1.74. The molecular weight excluding hydrogens is 257 g/mol. The van der Waals surface area contributed by atoms with E-state index in [1.54, 1.807) is 25.1 Å². The molecule has 106 valence electrons. The molecule has 1 fully saturated rings. The molecule has 0 aliphatic carbocycles. The van der Waals surface area contributed by atoms with E-state index in [-0.39, 0.29) is 17.8 Å². The highest BCUT2D eigenvalue weighted by atomic mass is 19.1. The molecule has 2 rings (SSSR count). The van der Waals surface area contributed by atoms with Crippen molar-refractivity contribution < 1.29 is 9.18 Å². The van der Waals surface area contributed by atoms with Crippen LogP contribution in [0.1, 0.15) is 24.0 Å². The van der Waals surface area contributed by atoms with E-state index in [4.69, 9.17) is 5.26 Å². The predicted molar refractivity (Wildman–Crippen MR) is 73.2 cm³/mol. The maximum atomic E-state index is 13.8. The Morgan fingerprint density at radius 2 is 2.30 bits per heavy atom. The molecule has 1 aliphatic heterocycles. The summed E-state index contributed by atoms with van der Waals surface area (Å²) < 4.78 is 13.8. The third kappa shape index (κ3) is 2.97. The minimum Gasteiger partial charge on any atom is -0.347 e.